The molecule has 1 saturated heterocycles. The number of amides is 1. The van der Waals surface area contributed by atoms with Crippen LogP contribution in [0.15, 0.2) is 18.2 Å². The van der Waals surface area contributed by atoms with Crippen molar-refractivity contribution < 1.29 is 4.79 Å². The Morgan fingerprint density at radius 1 is 1.29 bits per heavy atom. The van der Waals surface area contributed by atoms with Crippen molar-refractivity contribution in [3.05, 3.63) is 34.9 Å². The number of aryl methyl sites for hydroxylation is 2. The van der Waals surface area contributed by atoms with E-state index in [9.17, 15) is 4.79 Å². The molecule has 0 spiro atoms. The van der Waals surface area contributed by atoms with Crippen molar-refractivity contribution >= 4 is 5.91 Å². The molecule has 1 amide bonds. The molecule has 1 saturated carbocycles. The molecule has 21 heavy (non-hydrogen) atoms. The van der Waals surface area contributed by atoms with Crippen LogP contribution in [0.1, 0.15) is 42.4 Å². The molecule has 114 valence electrons. The van der Waals surface area contributed by atoms with Gasteiger partial charge in [0.15, 0.2) is 0 Å². The Hall–Kier alpha value is -1.35. The molecular weight excluding hydrogens is 260 g/mol. The molecule has 3 heteroatoms. The first-order chi connectivity index (χ1) is 10.1. The van der Waals surface area contributed by atoms with Crippen molar-refractivity contribution in [1.82, 2.24) is 10.2 Å². The maximum Gasteiger partial charge on any atom is 0.226 e. The highest BCUT2D eigenvalue weighted by atomic mass is 16.2. The minimum Gasteiger partial charge on any atom is -0.334 e. The summed E-state index contributed by atoms with van der Waals surface area (Å²) in [6, 6.07) is 6.93. The highest BCUT2D eigenvalue weighted by Crippen LogP contribution is 2.30. The lowest BCUT2D eigenvalue weighted by molar-refractivity contribution is -0.141. The Kier molecular flexibility index (Phi) is 4.29. The summed E-state index contributed by atoms with van der Waals surface area (Å²) in [6.07, 6.45) is 4.48. The largest absolute Gasteiger partial charge is 0.334 e. The van der Waals surface area contributed by atoms with Crippen LogP contribution in [0.2, 0.25) is 0 Å². The fourth-order valence-electron chi connectivity index (χ4n) is 3.39. The Labute approximate surface area is 127 Å². The molecule has 0 aromatic heterocycles. The van der Waals surface area contributed by atoms with Crippen LogP contribution in [0, 0.1) is 19.8 Å². The molecule has 3 rings (SSSR count). The molecule has 1 heterocycles. The minimum atomic E-state index is 0.288. The predicted octanol–water partition coefficient (Wildman–Crippen LogP) is 2.79. The van der Waals surface area contributed by atoms with E-state index in [1.165, 1.54) is 23.1 Å². The van der Waals surface area contributed by atoms with Gasteiger partial charge in [-0.25, -0.2) is 0 Å². The first-order valence-corrected chi connectivity index (χ1v) is 8.22. The predicted molar refractivity (Wildman–Crippen MR) is 85.1 cm³/mol. The molecule has 0 radical (unpaired) electrons. The van der Waals surface area contributed by atoms with Gasteiger partial charge in [0.05, 0.1) is 0 Å². The normalized spacial score (nSPS) is 22.1. The second-order valence-corrected chi connectivity index (χ2v) is 6.67. The van der Waals surface area contributed by atoms with Gasteiger partial charge in [-0.1, -0.05) is 30.2 Å². The lowest BCUT2D eigenvalue weighted by Crippen LogP contribution is -2.45. The minimum absolute atomic E-state index is 0.288. The van der Waals surface area contributed by atoms with E-state index in [1.807, 2.05) is 0 Å². The van der Waals surface area contributed by atoms with Crippen molar-refractivity contribution in [2.24, 2.45) is 5.92 Å². The number of rotatable bonds is 4. The van der Waals surface area contributed by atoms with Gasteiger partial charge in [0.25, 0.3) is 0 Å². The van der Waals surface area contributed by atoms with E-state index >= 15 is 0 Å². The smallest absolute Gasteiger partial charge is 0.226 e. The van der Waals surface area contributed by atoms with Crippen molar-refractivity contribution in [3.63, 3.8) is 0 Å². The molecule has 1 N–H and O–H groups in total. The molecule has 0 bridgehead atoms. The summed E-state index contributed by atoms with van der Waals surface area (Å²) < 4.78 is 0. The van der Waals surface area contributed by atoms with E-state index in [4.69, 9.17) is 0 Å². The van der Waals surface area contributed by atoms with E-state index in [0.29, 0.717) is 11.9 Å². The van der Waals surface area contributed by atoms with Crippen LogP contribution < -0.4 is 5.32 Å². The Morgan fingerprint density at radius 3 is 2.67 bits per heavy atom. The molecule has 1 atom stereocenters. The van der Waals surface area contributed by atoms with Gasteiger partial charge in [0.1, 0.15) is 0 Å². The SMILES string of the molecule is Cc1ccc(CN(C(=O)C2CCC2)[C@H]2CCNC2)c(C)c1. The summed E-state index contributed by atoms with van der Waals surface area (Å²) in [5.41, 5.74) is 3.88. The van der Waals surface area contributed by atoms with Crippen LogP contribution in [-0.2, 0) is 11.3 Å². The standard InChI is InChI=1S/C18H26N2O/c1-13-6-7-16(14(2)10-13)12-20(17-8-9-19-11-17)18(21)15-4-3-5-15/h6-7,10,15,17,19H,3-5,8-9,11-12H2,1-2H3/t17-/m0/s1. The molecule has 1 aromatic rings. The van der Waals surface area contributed by atoms with Gasteiger partial charge in [-0.05, 0) is 50.8 Å². The average Bonchev–Trinajstić information content (AvgIpc) is 2.89. The zero-order valence-corrected chi connectivity index (χ0v) is 13.2. The number of nitrogens with zero attached hydrogens (tertiary/aromatic N) is 1. The zero-order valence-electron chi connectivity index (χ0n) is 13.2. The lowest BCUT2D eigenvalue weighted by atomic mass is 9.84. The summed E-state index contributed by atoms with van der Waals surface area (Å²) in [5, 5.41) is 3.40. The monoisotopic (exact) mass is 286 g/mol. The van der Waals surface area contributed by atoms with Gasteiger partial charge in [0, 0.05) is 25.0 Å². The van der Waals surface area contributed by atoms with Crippen LogP contribution in [0.4, 0.5) is 0 Å². The Bertz CT molecular complexity index is 516. The third kappa shape index (κ3) is 3.13. The van der Waals surface area contributed by atoms with Gasteiger partial charge >= 0.3 is 0 Å². The fourth-order valence-corrected chi connectivity index (χ4v) is 3.39. The maximum atomic E-state index is 12.8. The molecule has 2 aliphatic rings. The van der Waals surface area contributed by atoms with Crippen LogP contribution in [0.3, 0.4) is 0 Å². The molecule has 0 unspecified atom stereocenters. The van der Waals surface area contributed by atoms with E-state index in [1.54, 1.807) is 0 Å². The molecular formula is C18H26N2O. The van der Waals surface area contributed by atoms with Gasteiger partial charge in [-0.2, -0.15) is 0 Å². The molecule has 2 fully saturated rings. The summed E-state index contributed by atoms with van der Waals surface area (Å²) in [6.45, 7) is 7.03. The lowest BCUT2D eigenvalue weighted by Gasteiger charge is -2.35. The third-order valence-electron chi connectivity index (χ3n) is 5.05. The number of carbonyl (C=O) groups is 1. The van der Waals surface area contributed by atoms with Crippen LogP contribution in [0.25, 0.3) is 0 Å². The number of benzene rings is 1. The van der Waals surface area contributed by atoms with Gasteiger partial charge in [0.2, 0.25) is 5.91 Å². The fraction of sp³-hybridized carbons (Fsp3) is 0.611. The highest BCUT2D eigenvalue weighted by molar-refractivity contribution is 5.80. The number of hydrogen-bond donors (Lipinski definition) is 1. The highest BCUT2D eigenvalue weighted by Gasteiger charge is 2.34. The molecule has 1 aliphatic heterocycles. The van der Waals surface area contributed by atoms with Crippen LogP contribution >= 0.6 is 0 Å². The Morgan fingerprint density at radius 2 is 2.10 bits per heavy atom. The van der Waals surface area contributed by atoms with Gasteiger partial charge in [-0.15, -0.1) is 0 Å². The van der Waals surface area contributed by atoms with E-state index in [-0.39, 0.29) is 5.92 Å². The summed E-state index contributed by atoms with van der Waals surface area (Å²) in [7, 11) is 0. The second-order valence-electron chi connectivity index (χ2n) is 6.67. The number of carbonyl (C=O) groups excluding carboxylic acids is 1. The number of nitrogens with one attached hydrogen (secondary N) is 1. The summed E-state index contributed by atoms with van der Waals surface area (Å²) in [4.78, 5) is 14.9. The van der Waals surface area contributed by atoms with Crippen molar-refractivity contribution in [1.29, 1.82) is 0 Å². The van der Waals surface area contributed by atoms with Crippen LogP contribution in [-0.4, -0.2) is 29.9 Å². The molecule has 3 nitrogen and oxygen atoms in total. The first kappa shape index (κ1) is 14.6. The van der Waals surface area contributed by atoms with E-state index < -0.39 is 0 Å². The topological polar surface area (TPSA) is 32.3 Å². The molecule has 1 aliphatic carbocycles. The van der Waals surface area contributed by atoms with E-state index in [0.717, 1.165) is 38.9 Å². The first-order valence-electron chi connectivity index (χ1n) is 8.22. The van der Waals surface area contributed by atoms with Crippen LogP contribution in [0.5, 0.6) is 0 Å². The molecule has 1 aromatic carbocycles. The Balaban J connectivity index is 1.79. The average molecular weight is 286 g/mol. The summed E-state index contributed by atoms with van der Waals surface area (Å²) in [5.74, 6) is 0.672. The number of hydrogen-bond acceptors (Lipinski definition) is 2. The van der Waals surface area contributed by atoms with Crippen molar-refractivity contribution in [3.8, 4) is 0 Å². The van der Waals surface area contributed by atoms with Gasteiger partial charge < -0.3 is 10.2 Å². The van der Waals surface area contributed by atoms with Gasteiger partial charge in [-0.3, -0.25) is 4.79 Å². The zero-order chi connectivity index (χ0) is 14.8. The summed E-state index contributed by atoms with van der Waals surface area (Å²) >= 11 is 0. The van der Waals surface area contributed by atoms with E-state index in [2.05, 4.69) is 42.3 Å². The van der Waals surface area contributed by atoms with Crippen molar-refractivity contribution in [2.75, 3.05) is 13.1 Å². The maximum absolute atomic E-state index is 12.8. The van der Waals surface area contributed by atoms with Crippen molar-refractivity contribution in [2.45, 2.75) is 52.1 Å². The second kappa shape index (κ2) is 6.18. The third-order valence-corrected chi connectivity index (χ3v) is 5.05. The quantitative estimate of drug-likeness (QED) is 0.923.